The summed E-state index contributed by atoms with van der Waals surface area (Å²) in [6.07, 6.45) is 4.23. The molecule has 1 heteroatoms. The third-order valence-corrected chi connectivity index (χ3v) is 3.27. The Morgan fingerprint density at radius 3 is 2.12 bits per heavy atom. The summed E-state index contributed by atoms with van der Waals surface area (Å²) in [5.74, 6) is 0.413. The van der Waals surface area contributed by atoms with Crippen LogP contribution in [0, 0.1) is 12.8 Å². The first-order valence-electron chi connectivity index (χ1n) is 6.44. The van der Waals surface area contributed by atoms with Crippen molar-refractivity contribution in [2.45, 2.75) is 52.6 Å². The quantitative estimate of drug-likeness (QED) is 0.760. The highest BCUT2D eigenvalue weighted by molar-refractivity contribution is 5.28. The Morgan fingerprint density at radius 2 is 1.62 bits per heavy atom. The van der Waals surface area contributed by atoms with Crippen LogP contribution in [0.3, 0.4) is 0 Å². The molecule has 1 unspecified atom stereocenters. The van der Waals surface area contributed by atoms with Gasteiger partial charge in [-0.25, -0.2) is 0 Å². The van der Waals surface area contributed by atoms with Gasteiger partial charge in [0.15, 0.2) is 0 Å². The molecule has 1 aromatic rings. The van der Waals surface area contributed by atoms with Crippen LogP contribution in [0.15, 0.2) is 24.3 Å². The first-order valence-corrected chi connectivity index (χ1v) is 6.44. The zero-order chi connectivity index (χ0) is 12.0. The molecule has 0 heterocycles. The molecule has 1 aromatic carbocycles. The molecule has 90 valence electrons. The van der Waals surface area contributed by atoms with Gasteiger partial charge >= 0.3 is 0 Å². The third-order valence-electron chi connectivity index (χ3n) is 3.27. The van der Waals surface area contributed by atoms with Crippen molar-refractivity contribution in [3.05, 3.63) is 35.4 Å². The van der Waals surface area contributed by atoms with Crippen LogP contribution in [-0.4, -0.2) is 5.11 Å². The molecule has 1 nitrogen and oxygen atoms in total. The maximum absolute atomic E-state index is 10.4. The highest BCUT2D eigenvalue weighted by Gasteiger charge is 2.20. The van der Waals surface area contributed by atoms with Crippen molar-refractivity contribution < 1.29 is 5.11 Å². The topological polar surface area (TPSA) is 20.2 Å². The number of hydrogen-bond acceptors (Lipinski definition) is 1. The molecule has 0 aliphatic rings. The zero-order valence-electron chi connectivity index (χ0n) is 10.7. The highest BCUT2D eigenvalue weighted by atomic mass is 16.3. The smallest absolute Gasteiger partial charge is 0.0820 e. The number of benzene rings is 1. The minimum Gasteiger partial charge on any atom is -0.388 e. The predicted octanol–water partition coefficient (Wildman–Crippen LogP) is 4.24. The van der Waals surface area contributed by atoms with Crippen LogP contribution in [-0.2, 0) is 0 Å². The fourth-order valence-corrected chi connectivity index (χ4v) is 2.37. The van der Waals surface area contributed by atoms with Gasteiger partial charge in [0.25, 0.3) is 0 Å². The van der Waals surface area contributed by atoms with Crippen molar-refractivity contribution in [2.24, 2.45) is 5.92 Å². The van der Waals surface area contributed by atoms with Gasteiger partial charge in [0.1, 0.15) is 0 Å². The van der Waals surface area contributed by atoms with Gasteiger partial charge in [0, 0.05) is 0 Å². The summed E-state index contributed by atoms with van der Waals surface area (Å²) in [5.41, 5.74) is 2.31. The van der Waals surface area contributed by atoms with Crippen molar-refractivity contribution in [3.63, 3.8) is 0 Å². The van der Waals surface area contributed by atoms with Crippen molar-refractivity contribution >= 4 is 0 Å². The second-order valence-corrected chi connectivity index (χ2v) is 4.64. The van der Waals surface area contributed by atoms with E-state index in [1.54, 1.807) is 0 Å². The Morgan fingerprint density at radius 1 is 1.06 bits per heavy atom. The molecule has 1 N–H and O–H groups in total. The second kappa shape index (κ2) is 6.70. The summed E-state index contributed by atoms with van der Waals surface area (Å²) in [4.78, 5) is 0. The minimum absolute atomic E-state index is 0.291. The summed E-state index contributed by atoms with van der Waals surface area (Å²) >= 11 is 0. The van der Waals surface area contributed by atoms with E-state index in [0.29, 0.717) is 5.92 Å². The van der Waals surface area contributed by atoms with Crippen molar-refractivity contribution in [1.82, 2.24) is 0 Å². The van der Waals surface area contributed by atoms with E-state index in [1.165, 1.54) is 5.56 Å². The Kier molecular flexibility index (Phi) is 5.54. The van der Waals surface area contributed by atoms with E-state index >= 15 is 0 Å². The average Bonchev–Trinajstić information content (AvgIpc) is 2.28. The van der Waals surface area contributed by atoms with E-state index in [1.807, 2.05) is 12.1 Å². The van der Waals surface area contributed by atoms with E-state index in [-0.39, 0.29) is 6.10 Å². The molecular weight excluding hydrogens is 196 g/mol. The van der Waals surface area contributed by atoms with E-state index in [9.17, 15) is 5.11 Å². The molecule has 0 bridgehead atoms. The van der Waals surface area contributed by atoms with Gasteiger partial charge in [-0.05, 0) is 36.8 Å². The molecule has 0 fully saturated rings. The van der Waals surface area contributed by atoms with Gasteiger partial charge in [0.2, 0.25) is 0 Å². The Labute approximate surface area is 99.5 Å². The van der Waals surface area contributed by atoms with Gasteiger partial charge < -0.3 is 5.11 Å². The van der Waals surface area contributed by atoms with Crippen molar-refractivity contribution in [2.75, 3.05) is 0 Å². The molecule has 1 rings (SSSR count). The maximum atomic E-state index is 10.4. The average molecular weight is 220 g/mol. The van der Waals surface area contributed by atoms with Crippen LogP contribution in [0.4, 0.5) is 0 Å². The monoisotopic (exact) mass is 220 g/mol. The number of aliphatic hydroxyl groups excluding tert-OH is 1. The molecule has 1 atom stereocenters. The molecule has 0 aliphatic heterocycles. The van der Waals surface area contributed by atoms with Gasteiger partial charge in [-0.1, -0.05) is 51.0 Å². The Hall–Kier alpha value is -0.820. The van der Waals surface area contributed by atoms with Crippen LogP contribution in [0.1, 0.15) is 56.8 Å². The standard InChI is InChI=1S/C15H24O/c1-4-8-13(9-5-2)15(16)14-11-7-6-10-12(14)3/h6-7,10-11,13,15-16H,4-5,8-9H2,1-3H3. The first kappa shape index (κ1) is 13.2. The number of rotatable bonds is 6. The van der Waals surface area contributed by atoms with Crippen molar-refractivity contribution in [1.29, 1.82) is 0 Å². The molecule has 0 spiro atoms. The number of aryl methyl sites for hydroxylation is 1. The summed E-state index contributed by atoms with van der Waals surface area (Å²) in [5, 5.41) is 10.4. The van der Waals surface area contributed by atoms with Crippen LogP contribution in [0.2, 0.25) is 0 Å². The largest absolute Gasteiger partial charge is 0.388 e. The van der Waals surface area contributed by atoms with E-state index in [4.69, 9.17) is 0 Å². The van der Waals surface area contributed by atoms with Gasteiger partial charge in [-0.2, -0.15) is 0 Å². The minimum atomic E-state index is -0.291. The normalized spacial score (nSPS) is 13.1. The summed E-state index contributed by atoms with van der Waals surface area (Å²) in [6, 6.07) is 8.17. The van der Waals surface area contributed by atoms with E-state index in [0.717, 1.165) is 31.2 Å². The molecule has 0 amide bonds. The summed E-state index contributed by atoms with van der Waals surface area (Å²) in [7, 11) is 0. The van der Waals surface area contributed by atoms with E-state index in [2.05, 4.69) is 32.9 Å². The predicted molar refractivity (Wildman–Crippen MR) is 69.4 cm³/mol. The fraction of sp³-hybridized carbons (Fsp3) is 0.600. The van der Waals surface area contributed by atoms with Crippen LogP contribution in [0.5, 0.6) is 0 Å². The Balaban J connectivity index is 2.81. The van der Waals surface area contributed by atoms with E-state index < -0.39 is 0 Å². The molecule has 0 saturated carbocycles. The lowest BCUT2D eigenvalue weighted by Gasteiger charge is -2.23. The first-order chi connectivity index (χ1) is 7.70. The Bertz CT molecular complexity index is 300. The van der Waals surface area contributed by atoms with Gasteiger partial charge in [-0.15, -0.1) is 0 Å². The zero-order valence-corrected chi connectivity index (χ0v) is 10.7. The summed E-state index contributed by atoms with van der Waals surface area (Å²) < 4.78 is 0. The third kappa shape index (κ3) is 3.34. The molecule has 0 aromatic heterocycles. The lowest BCUT2D eigenvalue weighted by atomic mass is 9.87. The molecular formula is C15H24O. The second-order valence-electron chi connectivity index (χ2n) is 4.64. The molecule has 0 saturated heterocycles. The van der Waals surface area contributed by atoms with Crippen LogP contribution >= 0.6 is 0 Å². The van der Waals surface area contributed by atoms with Crippen molar-refractivity contribution in [3.8, 4) is 0 Å². The van der Waals surface area contributed by atoms with Gasteiger partial charge in [0.05, 0.1) is 6.10 Å². The molecule has 0 aliphatic carbocycles. The van der Waals surface area contributed by atoms with Crippen LogP contribution < -0.4 is 0 Å². The number of aliphatic hydroxyl groups is 1. The fourth-order valence-electron chi connectivity index (χ4n) is 2.37. The summed E-state index contributed by atoms with van der Waals surface area (Å²) in [6.45, 7) is 6.45. The van der Waals surface area contributed by atoms with Gasteiger partial charge in [-0.3, -0.25) is 0 Å². The number of hydrogen-bond donors (Lipinski definition) is 1. The molecule has 16 heavy (non-hydrogen) atoms. The SMILES string of the molecule is CCCC(CCC)C(O)c1ccccc1C. The lowest BCUT2D eigenvalue weighted by molar-refractivity contribution is 0.0959. The van der Waals surface area contributed by atoms with Crippen LogP contribution in [0.25, 0.3) is 0 Å². The maximum Gasteiger partial charge on any atom is 0.0820 e. The highest BCUT2D eigenvalue weighted by Crippen LogP contribution is 2.31. The lowest BCUT2D eigenvalue weighted by Crippen LogP contribution is -2.13. The molecule has 0 radical (unpaired) electrons.